The zero-order chi connectivity index (χ0) is 12.3. The van der Waals surface area contributed by atoms with Crippen LogP contribution in [-0.4, -0.2) is 12.1 Å². The Morgan fingerprint density at radius 2 is 2.29 bits per heavy atom. The van der Waals surface area contributed by atoms with Crippen molar-refractivity contribution in [3.63, 3.8) is 0 Å². The predicted octanol–water partition coefficient (Wildman–Crippen LogP) is 2.70. The summed E-state index contributed by atoms with van der Waals surface area (Å²) >= 11 is 1.63. The van der Waals surface area contributed by atoms with Gasteiger partial charge in [-0.1, -0.05) is 12.1 Å². The lowest BCUT2D eigenvalue weighted by atomic mass is 10.0. The van der Waals surface area contributed by atoms with Gasteiger partial charge in [-0.2, -0.15) is 0 Å². The van der Waals surface area contributed by atoms with Gasteiger partial charge in [0, 0.05) is 29.6 Å². The Balaban J connectivity index is 2.21. The number of ether oxygens (including phenoxy) is 1. The largest absolute Gasteiger partial charge is 0.496 e. The highest BCUT2D eigenvalue weighted by molar-refractivity contribution is 7.09. The van der Waals surface area contributed by atoms with Gasteiger partial charge in [0.15, 0.2) is 0 Å². The van der Waals surface area contributed by atoms with Crippen LogP contribution in [0.15, 0.2) is 29.8 Å². The van der Waals surface area contributed by atoms with Crippen LogP contribution in [-0.2, 0) is 6.42 Å². The molecule has 3 nitrogen and oxygen atoms in total. The smallest absolute Gasteiger partial charge is 0.123 e. The minimum absolute atomic E-state index is 0.0725. The first-order valence-corrected chi connectivity index (χ1v) is 6.37. The molecular formula is C13H16N2OS. The lowest BCUT2D eigenvalue weighted by molar-refractivity contribution is 0.405. The Hall–Kier alpha value is -1.39. The van der Waals surface area contributed by atoms with Crippen molar-refractivity contribution >= 4 is 11.3 Å². The third kappa shape index (κ3) is 2.84. The van der Waals surface area contributed by atoms with Gasteiger partial charge in [0.25, 0.3) is 0 Å². The van der Waals surface area contributed by atoms with Crippen molar-refractivity contribution in [1.82, 2.24) is 4.98 Å². The van der Waals surface area contributed by atoms with Gasteiger partial charge in [-0.15, -0.1) is 11.3 Å². The molecule has 0 saturated carbocycles. The van der Waals surface area contributed by atoms with Crippen molar-refractivity contribution in [2.75, 3.05) is 7.11 Å². The van der Waals surface area contributed by atoms with Crippen molar-refractivity contribution in [1.29, 1.82) is 0 Å². The van der Waals surface area contributed by atoms with E-state index < -0.39 is 0 Å². The van der Waals surface area contributed by atoms with E-state index in [-0.39, 0.29) is 6.04 Å². The average Bonchev–Trinajstić information content (AvgIpc) is 2.81. The number of nitrogens with zero attached hydrogens (tertiary/aromatic N) is 1. The molecule has 0 fully saturated rings. The van der Waals surface area contributed by atoms with E-state index in [1.165, 1.54) is 5.56 Å². The van der Waals surface area contributed by atoms with E-state index >= 15 is 0 Å². The molecule has 2 N–H and O–H groups in total. The van der Waals surface area contributed by atoms with E-state index in [0.29, 0.717) is 0 Å². The number of hydrogen-bond donors (Lipinski definition) is 1. The van der Waals surface area contributed by atoms with Crippen LogP contribution >= 0.6 is 11.3 Å². The molecular weight excluding hydrogens is 232 g/mol. The first kappa shape index (κ1) is 12.1. The Morgan fingerprint density at radius 3 is 2.94 bits per heavy atom. The number of hydrogen-bond acceptors (Lipinski definition) is 4. The van der Waals surface area contributed by atoms with Crippen LogP contribution in [0.3, 0.4) is 0 Å². The number of aromatic nitrogens is 1. The Morgan fingerprint density at radius 1 is 1.47 bits per heavy atom. The molecule has 0 amide bonds. The molecule has 17 heavy (non-hydrogen) atoms. The number of rotatable bonds is 4. The third-order valence-electron chi connectivity index (χ3n) is 2.67. The number of benzene rings is 1. The fraction of sp³-hybridized carbons (Fsp3) is 0.308. The fourth-order valence-corrected chi connectivity index (χ4v) is 2.45. The standard InChI is InChI=1S/C13H16N2OS/c1-9-3-4-10(12(7-9)16-2)11(14)8-13-15-5-6-17-13/h3-7,11H,8,14H2,1-2H3. The van der Waals surface area contributed by atoms with Gasteiger partial charge >= 0.3 is 0 Å². The van der Waals surface area contributed by atoms with E-state index in [1.54, 1.807) is 24.6 Å². The maximum absolute atomic E-state index is 6.20. The molecule has 2 rings (SSSR count). The summed E-state index contributed by atoms with van der Waals surface area (Å²) in [5, 5.41) is 3.02. The molecule has 1 unspecified atom stereocenters. The highest BCUT2D eigenvalue weighted by atomic mass is 32.1. The lowest BCUT2D eigenvalue weighted by Gasteiger charge is -2.15. The maximum atomic E-state index is 6.20. The Kier molecular flexibility index (Phi) is 3.76. The van der Waals surface area contributed by atoms with Crippen molar-refractivity contribution in [2.45, 2.75) is 19.4 Å². The van der Waals surface area contributed by atoms with Gasteiger partial charge in [0.2, 0.25) is 0 Å². The summed E-state index contributed by atoms with van der Waals surface area (Å²) in [6.07, 6.45) is 2.55. The van der Waals surface area contributed by atoms with Crippen LogP contribution in [0.5, 0.6) is 5.75 Å². The normalized spacial score (nSPS) is 12.4. The maximum Gasteiger partial charge on any atom is 0.123 e. The molecule has 0 bridgehead atoms. The molecule has 0 spiro atoms. The fourth-order valence-electron chi connectivity index (χ4n) is 1.78. The molecule has 0 aliphatic rings. The average molecular weight is 248 g/mol. The van der Waals surface area contributed by atoms with E-state index in [4.69, 9.17) is 10.5 Å². The Labute approximate surface area is 105 Å². The van der Waals surface area contributed by atoms with Gasteiger partial charge in [0.1, 0.15) is 5.75 Å². The number of aryl methyl sites for hydroxylation is 1. The van der Waals surface area contributed by atoms with Crippen LogP contribution in [0, 0.1) is 6.92 Å². The zero-order valence-electron chi connectivity index (χ0n) is 10.0. The second-order valence-electron chi connectivity index (χ2n) is 3.98. The van der Waals surface area contributed by atoms with Crippen LogP contribution in [0.25, 0.3) is 0 Å². The monoisotopic (exact) mass is 248 g/mol. The van der Waals surface area contributed by atoms with Crippen LogP contribution in [0.2, 0.25) is 0 Å². The van der Waals surface area contributed by atoms with Crippen LogP contribution in [0.1, 0.15) is 22.2 Å². The summed E-state index contributed by atoms with van der Waals surface area (Å²) in [5.74, 6) is 0.856. The van der Waals surface area contributed by atoms with Crippen LogP contribution in [0.4, 0.5) is 0 Å². The molecule has 0 radical (unpaired) electrons. The molecule has 0 aliphatic heterocycles. The lowest BCUT2D eigenvalue weighted by Crippen LogP contribution is -2.14. The SMILES string of the molecule is COc1cc(C)ccc1C(N)Cc1nccs1. The minimum atomic E-state index is -0.0725. The van der Waals surface area contributed by atoms with Gasteiger partial charge in [0.05, 0.1) is 12.1 Å². The molecule has 4 heteroatoms. The molecule has 0 saturated heterocycles. The van der Waals surface area contributed by atoms with E-state index in [0.717, 1.165) is 22.7 Å². The van der Waals surface area contributed by atoms with Crippen molar-refractivity contribution in [3.8, 4) is 5.75 Å². The summed E-state index contributed by atoms with van der Waals surface area (Å²) in [6.45, 7) is 2.04. The Bertz CT molecular complexity index is 482. The van der Waals surface area contributed by atoms with Crippen LogP contribution < -0.4 is 10.5 Å². The number of thiazole rings is 1. The van der Waals surface area contributed by atoms with Gasteiger partial charge in [-0.3, -0.25) is 0 Å². The van der Waals surface area contributed by atoms with Crippen molar-refractivity contribution in [2.24, 2.45) is 5.73 Å². The second-order valence-corrected chi connectivity index (χ2v) is 4.96. The predicted molar refractivity (Wildman–Crippen MR) is 70.5 cm³/mol. The van der Waals surface area contributed by atoms with E-state index in [2.05, 4.69) is 11.1 Å². The summed E-state index contributed by atoms with van der Waals surface area (Å²) in [6, 6.07) is 6.03. The summed E-state index contributed by atoms with van der Waals surface area (Å²) < 4.78 is 5.37. The van der Waals surface area contributed by atoms with Crippen molar-refractivity contribution in [3.05, 3.63) is 45.9 Å². The van der Waals surface area contributed by atoms with Gasteiger partial charge in [-0.05, 0) is 18.6 Å². The van der Waals surface area contributed by atoms with Gasteiger partial charge < -0.3 is 10.5 Å². The molecule has 1 atom stereocenters. The molecule has 1 aromatic heterocycles. The molecule has 2 aromatic rings. The highest BCUT2D eigenvalue weighted by Crippen LogP contribution is 2.27. The molecule has 0 aliphatic carbocycles. The second kappa shape index (κ2) is 5.29. The topological polar surface area (TPSA) is 48.1 Å². The molecule has 1 heterocycles. The minimum Gasteiger partial charge on any atom is -0.496 e. The summed E-state index contributed by atoms with van der Waals surface area (Å²) in [7, 11) is 1.67. The van der Waals surface area contributed by atoms with Gasteiger partial charge in [-0.25, -0.2) is 4.98 Å². The highest BCUT2D eigenvalue weighted by Gasteiger charge is 2.13. The van der Waals surface area contributed by atoms with Crippen molar-refractivity contribution < 1.29 is 4.74 Å². The van der Waals surface area contributed by atoms with E-state index in [1.807, 2.05) is 24.4 Å². The summed E-state index contributed by atoms with van der Waals surface area (Å²) in [5.41, 5.74) is 8.41. The third-order valence-corrected chi connectivity index (χ3v) is 3.47. The first-order valence-electron chi connectivity index (χ1n) is 5.49. The number of nitrogens with two attached hydrogens (primary N) is 1. The molecule has 90 valence electrons. The summed E-state index contributed by atoms with van der Waals surface area (Å²) in [4.78, 5) is 4.25. The number of methoxy groups -OCH3 is 1. The quantitative estimate of drug-likeness (QED) is 0.905. The molecule has 1 aromatic carbocycles. The first-order chi connectivity index (χ1) is 8.20. The zero-order valence-corrected chi connectivity index (χ0v) is 10.8. The van der Waals surface area contributed by atoms with E-state index in [9.17, 15) is 0 Å².